The van der Waals surface area contributed by atoms with Gasteiger partial charge in [0.1, 0.15) is 5.60 Å². The minimum atomic E-state index is -0.622. The topological polar surface area (TPSA) is 20.2 Å². The summed E-state index contributed by atoms with van der Waals surface area (Å²) in [5.74, 6) is 4.17. The van der Waals surface area contributed by atoms with Crippen LogP contribution < -0.4 is 0 Å². The fourth-order valence-electron chi connectivity index (χ4n) is 6.84. The summed E-state index contributed by atoms with van der Waals surface area (Å²) in [6.07, 6.45) is 0. The van der Waals surface area contributed by atoms with E-state index in [1.807, 2.05) is 6.07 Å². The molecule has 0 amide bonds. The molecule has 1 nitrogen and oxygen atoms in total. The summed E-state index contributed by atoms with van der Waals surface area (Å²) in [6, 6.07) is 10.3. The van der Waals surface area contributed by atoms with Crippen LogP contribution in [-0.2, 0) is 5.60 Å². The largest absolute Gasteiger partial charge is 0.383 e. The minimum absolute atomic E-state index is 0.0124. The van der Waals surface area contributed by atoms with E-state index >= 15 is 0 Å². The maximum Gasteiger partial charge on any atom is 0.109 e. The molecule has 0 spiro atoms. The van der Waals surface area contributed by atoms with E-state index in [2.05, 4.69) is 56.1 Å². The van der Waals surface area contributed by atoms with Crippen molar-refractivity contribution >= 4 is 31.9 Å². The first-order chi connectivity index (χ1) is 8.59. The number of hydrogen-bond acceptors (Lipinski definition) is 1. The molecule has 18 heavy (non-hydrogen) atoms. The van der Waals surface area contributed by atoms with Crippen molar-refractivity contribution in [2.45, 2.75) is 14.2 Å². The van der Waals surface area contributed by atoms with Crippen LogP contribution in [0.3, 0.4) is 0 Å². The lowest BCUT2D eigenvalue weighted by atomic mass is 9.20. The molecular weight excluding hydrogens is 356 g/mol. The Balaban J connectivity index is 1.62. The lowest BCUT2D eigenvalue weighted by molar-refractivity contribution is -0.337. The first-order valence-electron chi connectivity index (χ1n) is 6.74. The maximum atomic E-state index is 11.5. The summed E-state index contributed by atoms with van der Waals surface area (Å²) < 4.78 is 0.422. The van der Waals surface area contributed by atoms with Gasteiger partial charge in [-0.15, -0.1) is 0 Å². The van der Waals surface area contributed by atoms with Crippen molar-refractivity contribution in [1.29, 1.82) is 0 Å². The molecule has 0 aromatic heterocycles. The van der Waals surface area contributed by atoms with Crippen LogP contribution in [0.5, 0.6) is 0 Å². The average molecular weight is 368 g/mol. The summed E-state index contributed by atoms with van der Waals surface area (Å²) in [5, 5.41) is 11.5. The predicted molar refractivity (Wildman–Crippen MR) is 74.6 cm³/mol. The van der Waals surface area contributed by atoms with Crippen LogP contribution in [0.2, 0.25) is 0 Å². The maximum absolute atomic E-state index is 11.5. The first kappa shape index (κ1) is 9.95. The van der Waals surface area contributed by atoms with E-state index in [1.54, 1.807) is 0 Å². The van der Waals surface area contributed by atoms with Crippen LogP contribution in [0.1, 0.15) is 5.56 Å². The molecule has 0 heterocycles. The van der Waals surface area contributed by atoms with Gasteiger partial charge in [-0.1, -0.05) is 62.2 Å². The Hall–Kier alpha value is 0.140. The van der Waals surface area contributed by atoms with Gasteiger partial charge in [-0.2, -0.15) is 0 Å². The van der Waals surface area contributed by atoms with Gasteiger partial charge in [0.25, 0.3) is 0 Å². The number of alkyl halides is 2. The van der Waals surface area contributed by atoms with E-state index in [1.165, 1.54) is 0 Å². The van der Waals surface area contributed by atoms with E-state index in [-0.39, 0.29) is 4.32 Å². The molecule has 1 aromatic carbocycles. The zero-order chi connectivity index (χ0) is 12.1. The average Bonchev–Trinajstić information content (AvgIpc) is 2.54. The van der Waals surface area contributed by atoms with Crippen molar-refractivity contribution in [3.63, 3.8) is 0 Å². The number of rotatable bonds is 1. The summed E-state index contributed by atoms with van der Waals surface area (Å²) in [6.45, 7) is 0. The van der Waals surface area contributed by atoms with Gasteiger partial charge in [-0.25, -0.2) is 0 Å². The normalized spacial score (nSPS) is 71.7. The molecule has 6 aliphatic rings. The molecule has 6 saturated carbocycles. The fourth-order valence-corrected chi connectivity index (χ4v) is 10.2. The van der Waals surface area contributed by atoms with Gasteiger partial charge >= 0.3 is 0 Å². The van der Waals surface area contributed by atoms with Gasteiger partial charge in [-0.05, 0) is 35.2 Å². The van der Waals surface area contributed by atoms with E-state index in [4.69, 9.17) is 0 Å². The lowest BCUT2D eigenvalue weighted by Gasteiger charge is -2.90. The van der Waals surface area contributed by atoms with Crippen molar-refractivity contribution in [2.75, 3.05) is 0 Å². The highest BCUT2D eigenvalue weighted by Gasteiger charge is 3.07. The molecule has 7 rings (SSSR count). The second kappa shape index (κ2) is 2.29. The Kier molecular flexibility index (Phi) is 1.27. The second-order valence-corrected chi connectivity index (χ2v) is 9.57. The number of aliphatic hydroxyl groups is 1. The molecule has 92 valence electrons. The molecule has 6 fully saturated rings. The number of hydrogen-bond donors (Lipinski definition) is 1. The predicted octanol–water partition coefficient (Wildman–Crippen LogP) is 2.91. The molecule has 0 saturated heterocycles. The highest BCUT2D eigenvalue weighted by atomic mass is 79.9. The third kappa shape index (κ3) is 0.535. The van der Waals surface area contributed by atoms with Crippen molar-refractivity contribution in [3.05, 3.63) is 35.9 Å². The van der Waals surface area contributed by atoms with Gasteiger partial charge in [0.15, 0.2) is 0 Å². The van der Waals surface area contributed by atoms with E-state index in [9.17, 15) is 5.11 Å². The van der Waals surface area contributed by atoms with Gasteiger partial charge in [0.2, 0.25) is 0 Å². The Morgan fingerprint density at radius 1 is 0.833 bits per heavy atom. The van der Waals surface area contributed by atoms with Crippen LogP contribution in [-0.4, -0.2) is 13.8 Å². The van der Waals surface area contributed by atoms with Crippen LogP contribution in [0.4, 0.5) is 0 Å². The molecule has 4 unspecified atom stereocenters. The van der Waals surface area contributed by atoms with Crippen molar-refractivity contribution in [3.8, 4) is 0 Å². The molecule has 1 N–H and O–H groups in total. The van der Waals surface area contributed by atoms with Gasteiger partial charge in [0.05, 0.1) is 4.32 Å². The smallest absolute Gasteiger partial charge is 0.109 e. The zero-order valence-electron chi connectivity index (χ0n) is 9.55. The third-order valence-corrected chi connectivity index (χ3v) is 10.4. The standard InChI is InChI=1S/C15H12Br2O/c16-13-7-10-8(13)12-9(13)11(7)14(10,17)15(12,18)6-4-2-1-3-5-6/h1-5,7-12,18H/t7?,8-,9-,10-,11+,12?,13?,14?,15-/m0/s1. The summed E-state index contributed by atoms with van der Waals surface area (Å²) in [4.78, 5) is 0. The minimum Gasteiger partial charge on any atom is -0.383 e. The van der Waals surface area contributed by atoms with E-state index < -0.39 is 5.60 Å². The van der Waals surface area contributed by atoms with Gasteiger partial charge in [0, 0.05) is 10.2 Å². The van der Waals surface area contributed by atoms with E-state index in [0.717, 1.165) is 11.5 Å². The Morgan fingerprint density at radius 2 is 1.39 bits per heavy atom. The SMILES string of the molecule is O[C@@]1(c2ccccc2)C2[C@@H]3[C@H]4C5[C@@H]([C@@H]2C53Br)C41Br. The Labute approximate surface area is 122 Å². The summed E-state index contributed by atoms with van der Waals surface area (Å²) in [7, 11) is 0. The first-order valence-corrected chi connectivity index (χ1v) is 8.33. The fraction of sp³-hybridized carbons (Fsp3) is 0.600. The number of benzene rings is 1. The molecule has 0 aliphatic heterocycles. The molecule has 2 bridgehead atoms. The van der Waals surface area contributed by atoms with Crippen LogP contribution in [0.25, 0.3) is 0 Å². The number of halogens is 2. The van der Waals surface area contributed by atoms with Crippen LogP contribution in [0, 0.1) is 35.5 Å². The lowest BCUT2D eigenvalue weighted by Crippen LogP contribution is -2.93. The second-order valence-electron chi connectivity index (χ2n) is 6.88. The quantitative estimate of drug-likeness (QED) is 0.756. The molecule has 9 atom stereocenters. The van der Waals surface area contributed by atoms with Crippen molar-refractivity contribution < 1.29 is 5.11 Å². The molecule has 3 heteroatoms. The molecular formula is C15H12Br2O. The molecule has 1 aromatic rings. The highest BCUT2D eigenvalue weighted by molar-refractivity contribution is 9.10. The summed E-state index contributed by atoms with van der Waals surface area (Å²) >= 11 is 7.99. The van der Waals surface area contributed by atoms with Gasteiger partial charge < -0.3 is 5.11 Å². The summed E-state index contributed by atoms with van der Waals surface area (Å²) in [5.41, 5.74) is 0.505. The third-order valence-electron chi connectivity index (χ3n) is 7.10. The highest BCUT2D eigenvalue weighted by Crippen LogP contribution is 3.03. The molecule has 6 aliphatic carbocycles. The van der Waals surface area contributed by atoms with Gasteiger partial charge in [-0.3, -0.25) is 0 Å². The van der Waals surface area contributed by atoms with Crippen molar-refractivity contribution in [1.82, 2.24) is 0 Å². The van der Waals surface area contributed by atoms with Crippen LogP contribution >= 0.6 is 31.9 Å². The zero-order valence-corrected chi connectivity index (χ0v) is 12.7. The Morgan fingerprint density at radius 3 is 1.94 bits per heavy atom. The molecule has 0 radical (unpaired) electrons. The Bertz CT molecular complexity index is 594. The van der Waals surface area contributed by atoms with Crippen LogP contribution in [0.15, 0.2) is 30.3 Å². The monoisotopic (exact) mass is 366 g/mol. The van der Waals surface area contributed by atoms with Crippen molar-refractivity contribution in [2.24, 2.45) is 35.5 Å². The van der Waals surface area contributed by atoms with E-state index in [0.29, 0.717) is 33.9 Å².